The summed E-state index contributed by atoms with van der Waals surface area (Å²) >= 11 is 0. The molecule has 0 spiro atoms. The first-order chi connectivity index (χ1) is 11.2. The van der Waals surface area contributed by atoms with Crippen LogP contribution in [0.3, 0.4) is 0 Å². The number of hydrogen-bond acceptors (Lipinski definition) is 5. The van der Waals surface area contributed by atoms with E-state index >= 15 is 0 Å². The summed E-state index contributed by atoms with van der Waals surface area (Å²) < 4.78 is 5.23. The topological polar surface area (TPSA) is 80.0 Å². The van der Waals surface area contributed by atoms with Crippen LogP contribution in [0.25, 0.3) is 0 Å². The van der Waals surface area contributed by atoms with Crippen molar-refractivity contribution in [3.8, 4) is 0 Å². The van der Waals surface area contributed by atoms with Gasteiger partial charge in [-0.05, 0) is 50.9 Å². The maximum absolute atomic E-state index is 12.0. The van der Waals surface area contributed by atoms with E-state index in [9.17, 15) is 4.79 Å². The Labute approximate surface area is 147 Å². The number of rotatable bonds is 6. The molecule has 1 aliphatic rings. The number of aromatic nitrogens is 2. The van der Waals surface area contributed by atoms with Crippen molar-refractivity contribution < 1.29 is 9.32 Å². The summed E-state index contributed by atoms with van der Waals surface area (Å²) in [4.78, 5) is 16.3. The first-order valence-corrected chi connectivity index (χ1v) is 8.08. The van der Waals surface area contributed by atoms with Crippen LogP contribution in [0.4, 0.5) is 5.69 Å². The van der Waals surface area contributed by atoms with Gasteiger partial charge < -0.3 is 15.2 Å². The van der Waals surface area contributed by atoms with Crippen LogP contribution >= 0.6 is 12.4 Å². The lowest BCUT2D eigenvalue weighted by molar-refractivity contribution is -0.115. The molecule has 0 radical (unpaired) electrons. The zero-order chi connectivity index (χ0) is 16.1. The van der Waals surface area contributed by atoms with E-state index in [0.29, 0.717) is 17.6 Å². The molecule has 1 amide bonds. The zero-order valence-electron chi connectivity index (χ0n) is 13.7. The number of amides is 1. The molecule has 1 atom stereocenters. The van der Waals surface area contributed by atoms with Gasteiger partial charge >= 0.3 is 0 Å². The summed E-state index contributed by atoms with van der Waals surface area (Å²) in [5.74, 6) is 1.61. The molecule has 130 valence electrons. The van der Waals surface area contributed by atoms with E-state index < -0.39 is 0 Å². The number of carbonyl (C=O) groups is 1. The van der Waals surface area contributed by atoms with Crippen molar-refractivity contribution in [1.29, 1.82) is 0 Å². The summed E-state index contributed by atoms with van der Waals surface area (Å²) in [6.45, 7) is 4.17. The predicted octanol–water partition coefficient (Wildman–Crippen LogP) is 2.52. The van der Waals surface area contributed by atoms with E-state index in [1.165, 1.54) is 6.42 Å². The third kappa shape index (κ3) is 5.32. The van der Waals surface area contributed by atoms with Crippen LogP contribution in [0, 0.1) is 12.8 Å². The maximum Gasteiger partial charge on any atom is 0.232 e. The van der Waals surface area contributed by atoms with Gasteiger partial charge in [0.2, 0.25) is 11.8 Å². The Balaban J connectivity index is 0.00000208. The lowest BCUT2D eigenvalue weighted by Crippen LogP contribution is -2.15. The fraction of sp³-hybridized carbons (Fsp3) is 0.471. The Hall–Kier alpha value is -1.92. The van der Waals surface area contributed by atoms with Gasteiger partial charge in [-0.25, -0.2) is 0 Å². The Morgan fingerprint density at radius 1 is 1.38 bits per heavy atom. The van der Waals surface area contributed by atoms with Crippen LogP contribution in [0.2, 0.25) is 0 Å². The van der Waals surface area contributed by atoms with E-state index in [-0.39, 0.29) is 24.7 Å². The molecule has 0 saturated carbocycles. The molecule has 1 saturated heterocycles. The molecular weight excluding hydrogens is 328 g/mol. The Kier molecular flexibility index (Phi) is 6.75. The molecule has 1 aromatic heterocycles. The van der Waals surface area contributed by atoms with Crippen molar-refractivity contribution in [1.82, 2.24) is 15.5 Å². The molecule has 1 fully saturated rings. The summed E-state index contributed by atoms with van der Waals surface area (Å²) in [7, 11) is 0. The van der Waals surface area contributed by atoms with E-state index in [1.807, 2.05) is 31.2 Å². The number of anilines is 1. The Bertz CT molecular complexity index is 651. The van der Waals surface area contributed by atoms with Crippen LogP contribution in [-0.4, -0.2) is 29.1 Å². The van der Waals surface area contributed by atoms with Crippen molar-refractivity contribution in [2.24, 2.45) is 5.92 Å². The average Bonchev–Trinajstić information content (AvgIpc) is 3.19. The zero-order valence-corrected chi connectivity index (χ0v) is 14.6. The van der Waals surface area contributed by atoms with Gasteiger partial charge in [0.05, 0.1) is 6.42 Å². The molecule has 6 nitrogen and oxygen atoms in total. The van der Waals surface area contributed by atoms with Gasteiger partial charge in [0.25, 0.3) is 0 Å². The third-order valence-corrected chi connectivity index (χ3v) is 4.09. The highest BCUT2D eigenvalue weighted by molar-refractivity contribution is 5.91. The number of aryl methyl sites for hydroxylation is 2. The second-order valence-electron chi connectivity index (χ2n) is 6.09. The van der Waals surface area contributed by atoms with E-state index in [1.54, 1.807) is 0 Å². The van der Waals surface area contributed by atoms with Crippen molar-refractivity contribution in [2.45, 2.75) is 32.6 Å². The lowest BCUT2D eigenvalue weighted by atomic mass is 10.0. The van der Waals surface area contributed by atoms with Gasteiger partial charge in [0, 0.05) is 12.1 Å². The molecule has 3 rings (SSSR count). The van der Waals surface area contributed by atoms with Crippen LogP contribution in [0.1, 0.15) is 30.1 Å². The summed E-state index contributed by atoms with van der Waals surface area (Å²) in [6, 6.07) is 7.68. The minimum atomic E-state index is -0.138. The number of nitrogens with one attached hydrogen (secondary N) is 2. The quantitative estimate of drug-likeness (QED) is 0.836. The van der Waals surface area contributed by atoms with Gasteiger partial charge in [-0.15, -0.1) is 12.4 Å². The summed E-state index contributed by atoms with van der Waals surface area (Å²) in [6.07, 6.45) is 3.16. The smallest absolute Gasteiger partial charge is 0.232 e. The average molecular weight is 351 g/mol. The third-order valence-electron chi connectivity index (χ3n) is 4.09. The standard InChI is InChI=1S/C17H22N4O2.ClH/c1-12-2-5-14(6-3-12)19-16(22)10-15-20-17(23-21-15)7-4-13-8-9-18-11-13;/h2-3,5-6,13,18H,4,7-11H2,1H3,(H,19,22);1H. The van der Waals surface area contributed by atoms with Crippen molar-refractivity contribution in [2.75, 3.05) is 18.4 Å². The highest BCUT2D eigenvalue weighted by Crippen LogP contribution is 2.15. The Morgan fingerprint density at radius 2 is 2.17 bits per heavy atom. The summed E-state index contributed by atoms with van der Waals surface area (Å²) in [5.41, 5.74) is 1.93. The van der Waals surface area contributed by atoms with Crippen molar-refractivity contribution >= 4 is 24.0 Å². The molecule has 1 aromatic carbocycles. The SMILES string of the molecule is Cc1ccc(NC(=O)Cc2noc(CCC3CCNC3)n2)cc1.Cl. The minimum absolute atomic E-state index is 0. The van der Waals surface area contributed by atoms with Crippen molar-refractivity contribution in [3.05, 3.63) is 41.5 Å². The van der Waals surface area contributed by atoms with Crippen molar-refractivity contribution in [3.63, 3.8) is 0 Å². The van der Waals surface area contributed by atoms with Crippen LogP contribution in [0.5, 0.6) is 0 Å². The Morgan fingerprint density at radius 3 is 2.88 bits per heavy atom. The highest BCUT2D eigenvalue weighted by Gasteiger charge is 2.16. The number of halogens is 1. The second kappa shape index (κ2) is 8.80. The van der Waals surface area contributed by atoms with Gasteiger partial charge in [-0.2, -0.15) is 4.98 Å². The molecular formula is C17H23ClN4O2. The number of nitrogens with zero attached hydrogens (tertiary/aromatic N) is 2. The molecule has 0 aliphatic carbocycles. The van der Waals surface area contributed by atoms with Gasteiger partial charge in [-0.1, -0.05) is 22.9 Å². The highest BCUT2D eigenvalue weighted by atomic mass is 35.5. The molecule has 0 bridgehead atoms. The van der Waals surface area contributed by atoms with E-state index in [0.717, 1.165) is 37.2 Å². The summed E-state index contributed by atoms with van der Waals surface area (Å²) in [5, 5.41) is 10.1. The number of benzene rings is 1. The lowest BCUT2D eigenvalue weighted by Gasteiger charge is -2.04. The normalized spacial score (nSPS) is 16.6. The van der Waals surface area contributed by atoms with Crippen LogP contribution in [0.15, 0.2) is 28.8 Å². The van der Waals surface area contributed by atoms with Gasteiger partial charge in [0.1, 0.15) is 0 Å². The largest absolute Gasteiger partial charge is 0.339 e. The van der Waals surface area contributed by atoms with Crippen LogP contribution in [-0.2, 0) is 17.6 Å². The molecule has 1 aliphatic heterocycles. The number of hydrogen-bond donors (Lipinski definition) is 2. The second-order valence-corrected chi connectivity index (χ2v) is 6.09. The minimum Gasteiger partial charge on any atom is -0.339 e. The molecule has 2 aromatic rings. The molecule has 7 heteroatoms. The maximum atomic E-state index is 12.0. The first-order valence-electron chi connectivity index (χ1n) is 8.08. The van der Waals surface area contributed by atoms with Crippen LogP contribution < -0.4 is 10.6 Å². The van der Waals surface area contributed by atoms with E-state index in [4.69, 9.17) is 4.52 Å². The van der Waals surface area contributed by atoms with E-state index in [2.05, 4.69) is 20.8 Å². The fourth-order valence-corrected chi connectivity index (χ4v) is 2.74. The molecule has 24 heavy (non-hydrogen) atoms. The fourth-order valence-electron chi connectivity index (χ4n) is 2.74. The molecule has 2 N–H and O–H groups in total. The molecule has 2 heterocycles. The monoisotopic (exact) mass is 350 g/mol. The number of carbonyl (C=O) groups excluding carboxylic acids is 1. The molecule has 1 unspecified atom stereocenters. The van der Waals surface area contributed by atoms with Gasteiger partial charge in [0.15, 0.2) is 5.82 Å². The predicted molar refractivity (Wildman–Crippen MR) is 94.4 cm³/mol. The van der Waals surface area contributed by atoms with Gasteiger partial charge in [-0.3, -0.25) is 4.79 Å². The first kappa shape index (κ1) is 18.4.